The summed E-state index contributed by atoms with van der Waals surface area (Å²) in [5.41, 5.74) is 0.223. The van der Waals surface area contributed by atoms with Crippen LogP contribution in [0.3, 0.4) is 0 Å². The maximum absolute atomic E-state index is 13.3. The highest BCUT2D eigenvalue weighted by atomic mass is 19.1. The Bertz CT molecular complexity index is 591. The normalized spacial score (nSPS) is 10.8. The lowest BCUT2D eigenvalue weighted by molar-refractivity contribution is -0.116. The van der Waals surface area contributed by atoms with Crippen molar-refractivity contribution < 1.29 is 18.0 Å². The molecule has 1 aromatic carbocycles. The second kappa shape index (κ2) is 5.95. The molecule has 0 spiro atoms. The van der Waals surface area contributed by atoms with E-state index >= 15 is 0 Å². The van der Waals surface area contributed by atoms with Crippen molar-refractivity contribution in [2.45, 2.75) is 6.54 Å². The third-order valence-electron chi connectivity index (χ3n) is 2.41. The molecular weight excluding hydrogens is 252 g/mol. The Morgan fingerprint density at radius 1 is 1.32 bits per heavy atom. The maximum Gasteiger partial charge on any atom is 0.244 e. The zero-order valence-electron chi connectivity index (χ0n) is 9.90. The molecule has 2 aromatic rings. The number of hydrogen-bond donors (Lipinski definition) is 1. The first kappa shape index (κ1) is 13.0. The van der Waals surface area contributed by atoms with Gasteiger partial charge in [0.25, 0.3) is 0 Å². The van der Waals surface area contributed by atoms with Crippen LogP contribution in [0.15, 0.2) is 47.1 Å². The molecule has 0 unspecified atom stereocenters. The number of halogens is 2. The molecule has 5 heteroatoms. The molecule has 98 valence electrons. The van der Waals surface area contributed by atoms with Crippen LogP contribution in [0.2, 0.25) is 0 Å². The van der Waals surface area contributed by atoms with Gasteiger partial charge in [-0.1, -0.05) is 6.07 Å². The molecule has 0 atom stereocenters. The van der Waals surface area contributed by atoms with Gasteiger partial charge >= 0.3 is 0 Å². The number of carbonyl (C=O) groups is 1. The van der Waals surface area contributed by atoms with Gasteiger partial charge in [0.2, 0.25) is 5.91 Å². The van der Waals surface area contributed by atoms with Crippen molar-refractivity contribution >= 4 is 12.0 Å². The number of nitrogens with one attached hydrogen (secondary N) is 1. The van der Waals surface area contributed by atoms with Crippen molar-refractivity contribution in [1.82, 2.24) is 5.32 Å². The van der Waals surface area contributed by atoms with Crippen molar-refractivity contribution in [3.05, 3.63) is 65.6 Å². The maximum atomic E-state index is 13.3. The van der Waals surface area contributed by atoms with Crippen LogP contribution in [0.1, 0.15) is 11.3 Å². The minimum Gasteiger partial charge on any atom is -0.465 e. The van der Waals surface area contributed by atoms with Crippen LogP contribution in [0, 0.1) is 11.6 Å². The SMILES string of the molecule is O=C(/C=C/c1ccco1)NCc1ccc(F)cc1F. The van der Waals surface area contributed by atoms with E-state index < -0.39 is 11.6 Å². The summed E-state index contributed by atoms with van der Waals surface area (Å²) in [6, 6.07) is 6.61. The van der Waals surface area contributed by atoms with Crippen LogP contribution >= 0.6 is 0 Å². The Morgan fingerprint density at radius 2 is 2.16 bits per heavy atom. The van der Waals surface area contributed by atoms with Crippen LogP contribution in [0.4, 0.5) is 8.78 Å². The number of benzene rings is 1. The highest BCUT2D eigenvalue weighted by Crippen LogP contribution is 2.09. The standard InChI is InChI=1S/C14H11F2NO2/c15-11-4-3-10(13(16)8-11)9-17-14(18)6-5-12-2-1-7-19-12/h1-8H,9H2,(H,17,18)/b6-5+. The summed E-state index contributed by atoms with van der Waals surface area (Å²) in [5, 5.41) is 2.49. The molecule has 0 radical (unpaired) electrons. The fourth-order valence-electron chi connectivity index (χ4n) is 1.45. The van der Waals surface area contributed by atoms with Gasteiger partial charge in [0.05, 0.1) is 6.26 Å². The molecular formula is C14H11F2NO2. The number of furan rings is 1. The van der Waals surface area contributed by atoms with E-state index in [1.54, 1.807) is 12.1 Å². The molecule has 1 amide bonds. The topological polar surface area (TPSA) is 42.2 Å². The lowest BCUT2D eigenvalue weighted by Crippen LogP contribution is -2.20. The summed E-state index contributed by atoms with van der Waals surface area (Å²) in [5.74, 6) is -1.18. The van der Waals surface area contributed by atoms with Crippen LogP contribution in [-0.2, 0) is 11.3 Å². The first-order chi connectivity index (χ1) is 9.15. The summed E-state index contributed by atoms with van der Waals surface area (Å²) in [6.07, 6.45) is 4.27. The summed E-state index contributed by atoms with van der Waals surface area (Å²) in [4.78, 5) is 11.5. The summed E-state index contributed by atoms with van der Waals surface area (Å²) < 4.78 is 31.0. The molecule has 1 heterocycles. The summed E-state index contributed by atoms with van der Waals surface area (Å²) in [7, 11) is 0. The quantitative estimate of drug-likeness (QED) is 0.862. The van der Waals surface area contributed by atoms with Crippen LogP contribution < -0.4 is 5.32 Å². The van der Waals surface area contributed by atoms with E-state index in [9.17, 15) is 13.6 Å². The molecule has 0 aliphatic rings. The lowest BCUT2D eigenvalue weighted by Gasteiger charge is -2.03. The second-order valence-electron chi connectivity index (χ2n) is 3.80. The fourth-order valence-corrected chi connectivity index (χ4v) is 1.45. The highest BCUT2D eigenvalue weighted by molar-refractivity contribution is 5.91. The Morgan fingerprint density at radius 3 is 2.84 bits per heavy atom. The zero-order chi connectivity index (χ0) is 13.7. The van der Waals surface area contributed by atoms with Gasteiger partial charge in [0.1, 0.15) is 17.4 Å². The van der Waals surface area contributed by atoms with E-state index in [0.717, 1.165) is 12.1 Å². The van der Waals surface area contributed by atoms with E-state index in [4.69, 9.17) is 4.42 Å². The fraction of sp³-hybridized carbons (Fsp3) is 0.0714. The number of rotatable bonds is 4. The molecule has 0 saturated carbocycles. The monoisotopic (exact) mass is 263 g/mol. The van der Waals surface area contributed by atoms with Gasteiger partial charge in [-0.25, -0.2) is 8.78 Å². The van der Waals surface area contributed by atoms with E-state index in [1.165, 1.54) is 24.5 Å². The molecule has 1 aromatic heterocycles. The van der Waals surface area contributed by atoms with Crippen LogP contribution in [-0.4, -0.2) is 5.91 Å². The Hall–Kier alpha value is -2.43. The van der Waals surface area contributed by atoms with E-state index in [1.807, 2.05) is 0 Å². The van der Waals surface area contributed by atoms with Gasteiger partial charge in [-0.2, -0.15) is 0 Å². The van der Waals surface area contributed by atoms with Crippen molar-refractivity contribution in [2.75, 3.05) is 0 Å². The molecule has 0 bridgehead atoms. The Labute approximate surface area is 108 Å². The molecule has 3 nitrogen and oxygen atoms in total. The first-order valence-electron chi connectivity index (χ1n) is 5.58. The van der Waals surface area contributed by atoms with E-state index in [0.29, 0.717) is 5.76 Å². The van der Waals surface area contributed by atoms with Gasteiger partial charge in [-0.05, 0) is 24.3 Å². The number of amides is 1. The second-order valence-corrected chi connectivity index (χ2v) is 3.80. The van der Waals surface area contributed by atoms with Crippen molar-refractivity contribution in [3.63, 3.8) is 0 Å². The minimum absolute atomic E-state index is 0.00651. The lowest BCUT2D eigenvalue weighted by atomic mass is 10.2. The third-order valence-corrected chi connectivity index (χ3v) is 2.41. The van der Waals surface area contributed by atoms with Crippen LogP contribution in [0.25, 0.3) is 6.08 Å². The molecule has 0 aliphatic carbocycles. The Kier molecular flexibility index (Phi) is 4.07. The first-order valence-corrected chi connectivity index (χ1v) is 5.58. The average Bonchev–Trinajstić information content (AvgIpc) is 2.88. The smallest absolute Gasteiger partial charge is 0.244 e. The molecule has 2 rings (SSSR count). The van der Waals surface area contributed by atoms with Gasteiger partial charge < -0.3 is 9.73 Å². The summed E-state index contributed by atoms with van der Waals surface area (Å²) in [6.45, 7) is -0.00651. The predicted octanol–water partition coefficient (Wildman–Crippen LogP) is 2.89. The zero-order valence-corrected chi connectivity index (χ0v) is 9.90. The molecule has 0 saturated heterocycles. The van der Waals surface area contributed by atoms with Crippen LogP contribution in [0.5, 0.6) is 0 Å². The third kappa shape index (κ3) is 3.77. The van der Waals surface area contributed by atoms with Crippen molar-refractivity contribution in [2.24, 2.45) is 0 Å². The summed E-state index contributed by atoms with van der Waals surface area (Å²) >= 11 is 0. The molecule has 0 aliphatic heterocycles. The molecule has 0 fully saturated rings. The Balaban J connectivity index is 1.90. The average molecular weight is 263 g/mol. The van der Waals surface area contributed by atoms with E-state index in [-0.39, 0.29) is 18.0 Å². The minimum atomic E-state index is -0.685. The number of hydrogen-bond acceptors (Lipinski definition) is 2. The predicted molar refractivity (Wildman–Crippen MR) is 65.9 cm³/mol. The highest BCUT2D eigenvalue weighted by Gasteiger charge is 2.04. The molecule has 1 N–H and O–H groups in total. The van der Waals surface area contributed by atoms with Crippen molar-refractivity contribution in [3.8, 4) is 0 Å². The number of carbonyl (C=O) groups excluding carboxylic acids is 1. The van der Waals surface area contributed by atoms with Gasteiger partial charge in [0.15, 0.2) is 0 Å². The largest absolute Gasteiger partial charge is 0.465 e. The van der Waals surface area contributed by atoms with Gasteiger partial charge in [-0.15, -0.1) is 0 Å². The van der Waals surface area contributed by atoms with Crippen molar-refractivity contribution in [1.29, 1.82) is 0 Å². The van der Waals surface area contributed by atoms with Gasteiger partial charge in [0, 0.05) is 24.3 Å². The van der Waals surface area contributed by atoms with E-state index in [2.05, 4.69) is 5.32 Å². The van der Waals surface area contributed by atoms with Gasteiger partial charge in [-0.3, -0.25) is 4.79 Å². The molecule has 19 heavy (non-hydrogen) atoms.